The lowest BCUT2D eigenvalue weighted by atomic mass is 9.83. The minimum absolute atomic E-state index is 0.197. The third-order valence-corrected chi connectivity index (χ3v) is 11.6. The van der Waals surface area contributed by atoms with E-state index in [1.807, 2.05) is 12.1 Å². The first-order valence-electron chi connectivity index (χ1n) is 19.7. The average Bonchev–Trinajstić information content (AvgIpc) is 3.24. The van der Waals surface area contributed by atoms with Crippen molar-refractivity contribution < 1.29 is 6.85 Å². The molecule has 0 aliphatic carbocycles. The molecule has 0 saturated carbocycles. The van der Waals surface area contributed by atoms with Crippen molar-refractivity contribution in [3.8, 4) is 44.5 Å². The van der Waals surface area contributed by atoms with Crippen LogP contribution < -0.4 is 0 Å². The van der Waals surface area contributed by atoms with Crippen molar-refractivity contribution in [1.82, 2.24) is 0 Å². The average molecular weight is 668 g/mol. The van der Waals surface area contributed by atoms with Crippen LogP contribution in [0.5, 0.6) is 0 Å². The van der Waals surface area contributed by atoms with Gasteiger partial charge in [-0.2, -0.15) is 0 Å². The molecule has 0 bridgehead atoms. The molecule has 1 heteroatoms. The molecule has 1 aliphatic heterocycles. The summed E-state index contributed by atoms with van der Waals surface area (Å²) in [7, 11) is 0. The van der Waals surface area contributed by atoms with Crippen LogP contribution in [-0.4, -0.2) is 0 Å². The fraction of sp³-hybridized carbons (Fsp3) is 0. The highest BCUT2D eigenvalue weighted by molar-refractivity contribution is 7.99. The van der Waals surface area contributed by atoms with E-state index in [-0.39, 0.29) is 35.8 Å². The van der Waals surface area contributed by atoms with E-state index < -0.39 is 0 Å². The first-order valence-corrected chi connectivity index (χ1v) is 18.0. The van der Waals surface area contributed by atoms with E-state index in [0.29, 0.717) is 5.56 Å². The van der Waals surface area contributed by atoms with Gasteiger partial charge in [0.25, 0.3) is 0 Å². The van der Waals surface area contributed by atoms with Crippen molar-refractivity contribution in [3.63, 3.8) is 0 Å². The molecule has 0 aromatic heterocycles. The van der Waals surface area contributed by atoms with Gasteiger partial charge in [-0.1, -0.05) is 163 Å². The molecule has 236 valence electrons. The molecule has 1 heterocycles. The summed E-state index contributed by atoms with van der Waals surface area (Å²) in [5.41, 5.74) is 7.66. The molecule has 0 fully saturated rings. The van der Waals surface area contributed by atoms with Crippen molar-refractivity contribution in [2.24, 2.45) is 0 Å². The second-order valence-corrected chi connectivity index (χ2v) is 14.3. The van der Waals surface area contributed by atoms with Crippen LogP contribution in [0.15, 0.2) is 192 Å². The zero-order valence-corrected chi connectivity index (χ0v) is 28.2. The van der Waals surface area contributed by atoms with Gasteiger partial charge in [-0.3, -0.25) is 0 Å². The number of hydrogen-bond acceptors (Lipinski definition) is 1. The summed E-state index contributed by atoms with van der Waals surface area (Å²) in [5.74, 6) is 0. The van der Waals surface area contributed by atoms with E-state index in [1.165, 1.54) is 54.0 Å². The predicted octanol–water partition coefficient (Wildman–Crippen LogP) is 14.6. The molecule has 0 atom stereocenters. The molecule has 10 aromatic carbocycles. The van der Waals surface area contributed by atoms with E-state index in [1.54, 1.807) is 11.8 Å². The molecule has 11 rings (SSSR count). The Hall–Kier alpha value is -6.15. The van der Waals surface area contributed by atoms with Gasteiger partial charge in [-0.15, -0.1) is 0 Å². The predicted molar refractivity (Wildman–Crippen MR) is 220 cm³/mol. The standard InChI is InChI=1S/C50H30S/c1-2-11-31(12-3-1)34-23-26-43-47(30-34)51-46-20-10-19-41-45-29-36(44-28-35-15-6-7-16-38(35)39-17-8-9-18-40(39)44)24-25-42(45)48(50(43)49(41)46)37-22-21-32-13-4-5-14-33(32)27-37/h1-30H/i1D,2D,3D,11D,12D. The van der Waals surface area contributed by atoms with Crippen LogP contribution in [0.3, 0.4) is 0 Å². The van der Waals surface area contributed by atoms with Gasteiger partial charge in [0.1, 0.15) is 0 Å². The molecule has 0 N–H and O–H groups in total. The van der Waals surface area contributed by atoms with Gasteiger partial charge in [-0.05, 0) is 118 Å². The highest BCUT2D eigenvalue weighted by Gasteiger charge is 2.26. The molecule has 0 radical (unpaired) electrons. The van der Waals surface area contributed by atoms with Crippen LogP contribution in [0.25, 0.3) is 98.4 Å². The van der Waals surface area contributed by atoms with Crippen molar-refractivity contribution in [1.29, 1.82) is 0 Å². The van der Waals surface area contributed by atoms with Crippen LogP contribution in [0.4, 0.5) is 0 Å². The molecule has 10 aromatic rings. The molecular formula is C50H30S. The lowest BCUT2D eigenvalue weighted by Gasteiger charge is -2.26. The number of rotatable bonds is 3. The molecule has 0 amide bonds. The lowest BCUT2D eigenvalue weighted by molar-refractivity contribution is 1.40. The third kappa shape index (κ3) is 4.42. The number of benzene rings is 10. The van der Waals surface area contributed by atoms with Gasteiger partial charge < -0.3 is 0 Å². The van der Waals surface area contributed by atoms with Gasteiger partial charge in [0, 0.05) is 20.7 Å². The monoisotopic (exact) mass is 667 g/mol. The molecular weight excluding hydrogens is 633 g/mol. The smallest absolute Gasteiger partial charge is 0.0629 e. The van der Waals surface area contributed by atoms with Crippen LogP contribution >= 0.6 is 11.8 Å². The summed E-state index contributed by atoms with van der Waals surface area (Å²) in [6, 6.07) is 52.9. The Kier molecular flexibility index (Phi) is 5.28. The molecule has 0 spiro atoms. The van der Waals surface area contributed by atoms with Gasteiger partial charge in [0.15, 0.2) is 0 Å². The minimum atomic E-state index is -0.388. The molecule has 0 nitrogen and oxygen atoms in total. The van der Waals surface area contributed by atoms with Crippen molar-refractivity contribution in [2.75, 3.05) is 0 Å². The molecule has 0 unspecified atom stereocenters. The van der Waals surface area contributed by atoms with Crippen LogP contribution in [0.2, 0.25) is 0 Å². The van der Waals surface area contributed by atoms with E-state index in [4.69, 9.17) is 6.85 Å². The maximum atomic E-state index is 8.71. The summed E-state index contributed by atoms with van der Waals surface area (Å²) in [5, 5.41) is 12.0. The SMILES string of the molecule is [2H]c1c([2H])c([2H])c(-c2ccc3c(c2)Sc2cccc4c2c-3c(-c2ccc3ccccc3c2)c2ccc(-c3cc5ccccc5c5ccccc35)cc24)c([2H])c1[2H]. The molecule has 1 aliphatic rings. The van der Waals surface area contributed by atoms with E-state index in [2.05, 4.69) is 140 Å². The highest BCUT2D eigenvalue weighted by Crippen LogP contribution is 2.55. The quantitative estimate of drug-likeness (QED) is 0.169. The summed E-state index contributed by atoms with van der Waals surface area (Å²) in [6.07, 6.45) is 0. The van der Waals surface area contributed by atoms with E-state index >= 15 is 0 Å². The Morgan fingerprint density at radius 1 is 0.353 bits per heavy atom. The Labute approximate surface area is 307 Å². The summed E-state index contributed by atoms with van der Waals surface area (Å²) >= 11 is 1.67. The first-order chi connectivity index (χ1) is 27.4. The van der Waals surface area contributed by atoms with Gasteiger partial charge >= 0.3 is 0 Å². The fourth-order valence-corrected chi connectivity index (χ4v) is 9.36. The zero-order valence-electron chi connectivity index (χ0n) is 32.3. The summed E-state index contributed by atoms with van der Waals surface area (Å²) < 4.78 is 42.2. The number of fused-ring (bicyclic) bond motifs is 8. The second kappa shape index (κ2) is 11.2. The Morgan fingerprint density at radius 3 is 1.96 bits per heavy atom. The van der Waals surface area contributed by atoms with E-state index in [9.17, 15) is 0 Å². The number of hydrogen-bond donors (Lipinski definition) is 0. The summed E-state index contributed by atoms with van der Waals surface area (Å²) in [6.45, 7) is 0. The van der Waals surface area contributed by atoms with Gasteiger partial charge in [-0.25, -0.2) is 0 Å². The Balaban J connectivity index is 1.22. The first kappa shape index (κ1) is 24.1. The highest BCUT2D eigenvalue weighted by atomic mass is 32.2. The topological polar surface area (TPSA) is 0 Å². The van der Waals surface area contributed by atoms with E-state index in [0.717, 1.165) is 43.0 Å². The van der Waals surface area contributed by atoms with Crippen LogP contribution in [0.1, 0.15) is 6.85 Å². The minimum Gasteiger partial charge on any atom is -0.0887 e. The maximum absolute atomic E-state index is 8.71. The largest absolute Gasteiger partial charge is 0.0887 e. The third-order valence-electron chi connectivity index (χ3n) is 10.5. The van der Waals surface area contributed by atoms with Crippen LogP contribution in [-0.2, 0) is 0 Å². The Morgan fingerprint density at radius 2 is 1.08 bits per heavy atom. The van der Waals surface area contributed by atoms with Crippen molar-refractivity contribution >= 4 is 65.6 Å². The van der Waals surface area contributed by atoms with Gasteiger partial charge in [0.2, 0.25) is 0 Å². The molecule has 51 heavy (non-hydrogen) atoms. The Bertz CT molecular complexity index is 3320. The van der Waals surface area contributed by atoms with Crippen LogP contribution in [0, 0.1) is 0 Å². The molecule has 0 saturated heterocycles. The fourth-order valence-electron chi connectivity index (χ4n) is 8.20. The van der Waals surface area contributed by atoms with Crippen molar-refractivity contribution in [3.05, 3.63) is 182 Å². The maximum Gasteiger partial charge on any atom is 0.0629 e. The van der Waals surface area contributed by atoms with Gasteiger partial charge in [0.05, 0.1) is 6.85 Å². The zero-order chi connectivity index (χ0) is 37.8. The second-order valence-electron chi connectivity index (χ2n) is 13.3. The lowest BCUT2D eigenvalue weighted by Crippen LogP contribution is -1.98. The summed E-state index contributed by atoms with van der Waals surface area (Å²) in [4.78, 5) is 2.10. The van der Waals surface area contributed by atoms with Crippen molar-refractivity contribution in [2.45, 2.75) is 9.79 Å². The normalized spacial score (nSPS) is 13.6.